The molecule has 0 aliphatic rings. The molecule has 0 aliphatic heterocycles. The summed E-state index contributed by atoms with van der Waals surface area (Å²) in [5.74, 6) is 0.217. The van der Waals surface area contributed by atoms with Crippen LogP contribution in [0.3, 0.4) is 0 Å². The van der Waals surface area contributed by atoms with Crippen molar-refractivity contribution in [2.24, 2.45) is 5.73 Å². The van der Waals surface area contributed by atoms with Crippen LogP contribution >= 0.6 is 0 Å². The van der Waals surface area contributed by atoms with E-state index in [1.54, 1.807) is 6.07 Å². The third kappa shape index (κ3) is 1.70. The number of amides is 1. The minimum absolute atomic E-state index is 0.217. The van der Waals surface area contributed by atoms with Gasteiger partial charge in [-0.15, -0.1) is 0 Å². The Kier molecular flexibility index (Phi) is 2.42. The molecule has 6 nitrogen and oxygen atoms in total. The lowest BCUT2D eigenvalue weighted by Crippen LogP contribution is -2.30. The Bertz CT molecular complexity index is 827. The summed E-state index contributed by atoms with van der Waals surface area (Å²) >= 11 is 0. The number of nitrogens with two attached hydrogens (primary N) is 1. The minimum Gasteiger partial charge on any atom is -0.351 e. The molecule has 2 aromatic carbocycles. The predicted octanol–water partition coefficient (Wildman–Crippen LogP) is 1.32. The largest absolute Gasteiger partial charge is 0.351 e. The lowest BCUT2D eigenvalue weighted by atomic mass is 10.0. The van der Waals surface area contributed by atoms with Crippen LogP contribution in [0.5, 0.6) is 0 Å². The number of rotatable bonds is 1. The average molecular weight is 254 g/mol. The van der Waals surface area contributed by atoms with E-state index in [0.717, 1.165) is 15.3 Å². The van der Waals surface area contributed by atoms with Crippen molar-refractivity contribution in [3.8, 4) is 11.4 Å². The molecule has 0 aliphatic carbocycles. The number of nitrogens with zero attached hydrogens (tertiary/aromatic N) is 2. The Morgan fingerprint density at radius 3 is 2.68 bits per heavy atom. The van der Waals surface area contributed by atoms with E-state index in [1.807, 2.05) is 36.4 Å². The van der Waals surface area contributed by atoms with Gasteiger partial charge in [0.1, 0.15) is 0 Å². The fourth-order valence-electron chi connectivity index (χ4n) is 2.10. The van der Waals surface area contributed by atoms with Crippen molar-refractivity contribution in [1.82, 2.24) is 14.8 Å². The second-order valence-corrected chi connectivity index (χ2v) is 4.05. The normalized spacial score (nSPS) is 10.7. The molecular weight excluding hydrogens is 244 g/mol. The molecule has 3 N–H and O–H groups in total. The van der Waals surface area contributed by atoms with E-state index in [4.69, 9.17) is 5.73 Å². The third-order valence-corrected chi connectivity index (χ3v) is 2.92. The zero-order valence-corrected chi connectivity index (χ0v) is 9.83. The van der Waals surface area contributed by atoms with Crippen LogP contribution in [0.15, 0.2) is 47.3 Å². The lowest BCUT2D eigenvalue weighted by molar-refractivity contribution is 0.250. The van der Waals surface area contributed by atoms with Crippen molar-refractivity contribution in [3.63, 3.8) is 0 Å². The molecule has 0 spiro atoms. The van der Waals surface area contributed by atoms with Crippen molar-refractivity contribution in [2.75, 3.05) is 0 Å². The summed E-state index contributed by atoms with van der Waals surface area (Å²) in [5.41, 5.74) is 5.24. The van der Waals surface area contributed by atoms with Gasteiger partial charge in [0.15, 0.2) is 5.82 Å². The number of hydrogen-bond donors (Lipinski definition) is 2. The summed E-state index contributed by atoms with van der Waals surface area (Å²) in [5, 5.41) is 8.01. The lowest BCUT2D eigenvalue weighted by Gasteiger charge is -2.05. The molecule has 19 heavy (non-hydrogen) atoms. The van der Waals surface area contributed by atoms with Gasteiger partial charge in [-0.05, 0) is 10.8 Å². The fourth-order valence-corrected chi connectivity index (χ4v) is 2.10. The third-order valence-electron chi connectivity index (χ3n) is 2.92. The molecule has 0 saturated heterocycles. The Morgan fingerprint density at radius 2 is 1.89 bits per heavy atom. The number of aromatic nitrogens is 3. The zero-order valence-electron chi connectivity index (χ0n) is 9.83. The summed E-state index contributed by atoms with van der Waals surface area (Å²) < 4.78 is 0.821. The van der Waals surface area contributed by atoms with Crippen molar-refractivity contribution in [3.05, 3.63) is 52.9 Å². The van der Waals surface area contributed by atoms with E-state index < -0.39 is 11.7 Å². The number of carbonyl (C=O) groups excluding carboxylic acids is 1. The molecular formula is C13H10N4O2. The fraction of sp³-hybridized carbons (Fsp3) is 0. The molecule has 1 heterocycles. The number of nitrogens with one attached hydrogen (secondary N) is 1. The maximum Gasteiger partial charge on any atom is 0.351 e. The molecule has 0 saturated carbocycles. The van der Waals surface area contributed by atoms with Crippen LogP contribution in [0.25, 0.3) is 22.2 Å². The molecule has 6 heteroatoms. The smallest absolute Gasteiger partial charge is 0.351 e. The summed E-state index contributed by atoms with van der Waals surface area (Å²) in [6.45, 7) is 0. The Labute approximate surface area is 107 Å². The highest BCUT2D eigenvalue weighted by molar-refractivity contribution is 5.96. The molecule has 0 atom stereocenters. The highest BCUT2D eigenvalue weighted by Crippen LogP contribution is 2.26. The van der Waals surface area contributed by atoms with E-state index >= 15 is 0 Å². The van der Waals surface area contributed by atoms with Crippen LogP contribution in [-0.4, -0.2) is 20.8 Å². The summed E-state index contributed by atoms with van der Waals surface area (Å²) in [6, 6.07) is 12.3. The van der Waals surface area contributed by atoms with Gasteiger partial charge in [0.05, 0.1) is 0 Å². The van der Waals surface area contributed by atoms with Crippen LogP contribution in [0.4, 0.5) is 4.79 Å². The number of carbonyl (C=O) groups is 1. The first-order chi connectivity index (χ1) is 9.18. The van der Waals surface area contributed by atoms with Crippen LogP contribution in [0.1, 0.15) is 0 Å². The monoisotopic (exact) mass is 254 g/mol. The highest BCUT2D eigenvalue weighted by atomic mass is 16.2. The van der Waals surface area contributed by atoms with Crippen LogP contribution in [0, 0.1) is 0 Å². The first-order valence-electron chi connectivity index (χ1n) is 5.64. The molecule has 0 fully saturated rings. The van der Waals surface area contributed by atoms with Gasteiger partial charge in [0, 0.05) is 5.56 Å². The second-order valence-electron chi connectivity index (χ2n) is 4.05. The van der Waals surface area contributed by atoms with Gasteiger partial charge in [-0.3, -0.25) is 0 Å². The maximum absolute atomic E-state index is 11.5. The van der Waals surface area contributed by atoms with E-state index in [2.05, 4.69) is 10.2 Å². The van der Waals surface area contributed by atoms with Crippen molar-refractivity contribution in [1.29, 1.82) is 0 Å². The number of primary amides is 1. The van der Waals surface area contributed by atoms with Gasteiger partial charge >= 0.3 is 11.7 Å². The van der Waals surface area contributed by atoms with Gasteiger partial charge in [0.2, 0.25) is 0 Å². The highest BCUT2D eigenvalue weighted by Gasteiger charge is 2.16. The molecule has 1 aromatic heterocycles. The summed E-state index contributed by atoms with van der Waals surface area (Å²) in [6.07, 6.45) is 0. The minimum atomic E-state index is -0.860. The number of benzene rings is 2. The second kappa shape index (κ2) is 4.09. The predicted molar refractivity (Wildman–Crippen MR) is 70.8 cm³/mol. The molecule has 3 rings (SSSR count). The van der Waals surface area contributed by atoms with Gasteiger partial charge in [-0.2, -0.15) is 9.67 Å². The van der Waals surface area contributed by atoms with Gasteiger partial charge < -0.3 is 5.73 Å². The molecule has 3 aromatic rings. The van der Waals surface area contributed by atoms with Crippen molar-refractivity contribution >= 4 is 16.8 Å². The summed E-state index contributed by atoms with van der Waals surface area (Å²) in [7, 11) is 0. The number of aromatic amines is 1. The standard InChI is InChI=1S/C13H10N4O2/c14-12(18)17-11(15-16-13(17)19)10-7-3-5-8-4-1-2-6-9(8)10/h1-7H,(H2,14,18)(H,16,19). The quantitative estimate of drug-likeness (QED) is 0.685. The van der Waals surface area contributed by atoms with Crippen molar-refractivity contribution in [2.45, 2.75) is 0 Å². The van der Waals surface area contributed by atoms with Crippen LogP contribution < -0.4 is 11.4 Å². The first-order valence-corrected chi connectivity index (χ1v) is 5.64. The number of hydrogen-bond acceptors (Lipinski definition) is 3. The van der Waals surface area contributed by atoms with Crippen molar-refractivity contribution < 1.29 is 4.79 Å². The molecule has 0 unspecified atom stereocenters. The number of fused-ring (bicyclic) bond motifs is 1. The Hall–Kier alpha value is -2.89. The maximum atomic E-state index is 11.5. The molecule has 94 valence electrons. The Balaban J connectivity index is 2.37. The molecule has 0 bridgehead atoms. The molecule has 1 amide bonds. The average Bonchev–Trinajstić information content (AvgIpc) is 2.80. The van der Waals surface area contributed by atoms with Crippen LogP contribution in [0.2, 0.25) is 0 Å². The van der Waals surface area contributed by atoms with Gasteiger partial charge in [-0.25, -0.2) is 14.7 Å². The van der Waals surface area contributed by atoms with E-state index in [-0.39, 0.29) is 5.82 Å². The van der Waals surface area contributed by atoms with Crippen LogP contribution in [-0.2, 0) is 0 Å². The van der Waals surface area contributed by atoms with E-state index in [1.165, 1.54) is 0 Å². The van der Waals surface area contributed by atoms with E-state index in [0.29, 0.717) is 5.56 Å². The SMILES string of the molecule is NC(=O)n1c(-c2cccc3ccccc23)n[nH]c1=O. The van der Waals surface area contributed by atoms with Gasteiger partial charge in [0.25, 0.3) is 0 Å². The topological polar surface area (TPSA) is 93.8 Å². The zero-order chi connectivity index (χ0) is 13.4. The molecule has 0 radical (unpaired) electrons. The summed E-state index contributed by atoms with van der Waals surface area (Å²) in [4.78, 5) is 22.9. The number of H-pyrrole nitrogens is 1. The van der Waals surface area contributed by atoms with E-state index in [9.17, 15) is 9.59 Å². The first kappa shape index (κ1) is 11.2. The van der Waals surface area contributed by atoms with Gasteiger partial charge in [-0.1, -0.05) is 42.5 Å². The Morgan fingerprint density at radius 1 is 1.16 bits per heavy atom.